The standard InChI is InChI=1S/C17H20FNO2/c18-16-10-9-13(6-4-5-11-20)12-15(16)17(21)19-14-7-2-1-3-8-14/h9-10,12,14,20H,1-3,5,7-8,11H2,(H,19,21). The predicted molar refractivity (Wildman–Crippen MR) is 79.3 cm³/mol. The summed E-state index contributed by atoms with van der Waals surface area (Å²) in [5.74, 6) is 4.68. The van der Waals surface area contributed by atoms with Gasteiger partial charge < -0.3 is 10.4 Å². The van der Waals surface area contributed by atoms with Gasteiger partial charge in [0.2, 0.25) is 0 Å². The van der Waals surface area contributed by atoms with Gasteiger partial charge in [-0.2, -0.15) is 0 Å². The number of nitrogens with one attached hydrogen (secondary N) is 1. The first-order valence-electron chi connectivity index (χ1n) is 7.41. The third kappa shape index (κ3) is 4.57. The van der Waals surface area contributed by atoms with Crippen molar-refractivity contribution in [3.05, 3.63) is 35.1 Å². The van der Waals surface area contributed by atoms with E-state index in [1.807, 2.05) is 0 Å². The lowest BCUT2D eigenvalue weighted by molar-refractivity contribution is 0.0923. The molecule has 0 unspecified atom stereocenters. The Labute approximate surface area is 124 Å². The van der Waals surface area contributed by atoms with Crippen molar-refractivity contribution in [2.45, 2.75) is 44.6 Å². The van der Waals surface area contributed by atoms with Gasteiger partial charge in [-0.25, -0.2) is 4.39 Å². The molecule has 1 amide bonds. The maximum Gasteiger partial charge on any atom is 0.254 e. The van der Waals surface area contributed by atoms with Crippen LogP contribution >= 0.6 is 0 Å². The van der Waals surface area contributed by atoms with Crippen molar-refractivity contribution in [2.24, 2.45) is 0 Å². The number of hydrogen-bond donors (Lipinski definition) is 2. The van der Waals surface area contributed by atoms with Gasteiger partial charge in [-0.05, 0) is 31.0 Å². The van der Waals surface area contributed by atoms with Crippen LogP contribution in [0.3, 0.4) is 0 Å². The second-order valence-electron chi connectivity index (χ2n) is 5.28. The van der Waals surface area contributed by atoms with E-state index >= 15 is 0 Å². The molecule has 2 N–H and O–H groups in total. The van der Waals surface area contributed by atoms with Crippen molar-refractivity contribution >= 4 is 5.91 Å². The van der Waals surface area contributed by atoms with Crippen molar-refractivity contribution in [2.75, 3.05) is 6.61 Å². The maximum atomic E-state index is 13.8. The zero-order chi connectivity index (χ0) is 15.1. The average Bonchev–Trinajstić information content (AvgIpc) is 2.50. The number of carbonyl (C=O) groups excluding carboxylic acids is 1. The topological polar surface area (TPSA) is 49.3 Å². The maximum absolute atomic E-state index is 13.8. The first-order chi connectivity index (χ1) is 10.2. The number of carbonyl (C=O) groups is 1. The molecule has 0 atom stereocenters. The molecule has 0 aliphatic heterocycles. The van der Waals surface area contributed by atoms with Crippen molar-refractivity contribution in [3.63, 3.8) is 0 Å². The molecule has 0 spiro atoms. The van der Waals surface area contributed by atoms with Crippen LogP contribution in [-0.4, -0.2) is 23.7 Å². The van der Waals surface area contributed by atoms with E-state index in [0.717, 1.165) is 25.7 Å². The third-order valence-electron chi connectivity index (χ3n) is 3.62. The smallest absolute Gasteiger partial charge is 0.254 e. The molecular formula is C17H20FNO2. The zero-order valence-corrected chi connectivity index (χ0v) is 12.0. The highest BCUT2D eigenvalue weighted by atomic mass is 19.1. The van der Waals surface area contributed by atoms with Gasteiger partial charge in [-0.3, -0.25) is 4.79 Å². The van der Waals surface area contributed by atoms with Gasteiger partial charge in [0.15, 0.2) is 0 Å². The molecule has 4 heteroatoms. The van der Waals surface area contributed by atoms with Crippen LogP contribution in [0.25, 0.3) is 0 Å². The van der Waals surface area contributed by atoms with Crippen LogP contribution in [0.15, 0.2) is 18.2 Å². The van der Waals surface area contributed by atoms with E-state index in [-0.39, 0.29) is 24.1 Å². The first kappa shape index (κ1) is 15.5. The Balaban J connectivity index is 2.08. The summed E-state index contributed by atoms with van der Waals surface area (Å²) in [6.07, 6.45) is 5.71. The zero-order valence-electron chi connectivity index (χ0n) is 12.0. The number of rotatable bonds is 3. The summed E-state index contributed by atoms with van der Waals surface area (Å²) in [5, 5.41) is 11.6. The molecule has 21 heavy (non-hydrogen) atoms. The summed E-state index contributed by atoms with van der Waals surface area (Å²) in [6.45, 7) is -0.0107. The van der Waals surface area contributed by atoms with Gasteiger partial charge in [0.1, 0.15) is 5.82 Å². The summed E-state index contributed by atoms with van der Waals surface area (Å²) in [6, 6.07) is 4.42. The highest BCUT2D eigenvalue weighted by Gasteiger charge is 2.18. The van der Waals surface area contributed by atoms with Gasteiger partial charge >= 0.3 is 0 Å². The van der Waals surface area contributed by atoms with E-state index in [0.29, 0.717) is 12.0 Å². The second kappa shape index (κ2) is 7.80. The summed E-state index contributed by atoms with van der Waals surface area (Å²) in [5.41, 5.74) is 0.620. The van der Waals surface area contributed by atoms with Gasteiger partial charge in [0, 0.05) is 18.0 Å². The fourth-order valence-corrected chi connectivity index (χ4v) is 2.51. The molecule has 0 saturated heterocycles. The number of aliphatic hydroxyl groups excluding tert-OH is 1. The van der Waals surface area contributed by atoms with Crippen molar-refractivity contribution in [1.82, 2.24) is 5.32 Å². The molecule has 0 heterocycles. The van der Waals surface area contributed by atoms with Crippen molar-refractivity contribution in [1.29, 1.82) is 0 Å². The molecule has 1 aliphatic carbocycles. The van der Waals surface area contributed by atoms with E-state index < -0.39 is 5.82 Å². The number of amides is 1. The van der Waals surface area contributed by atoms with Gasteiger partial charge in [-0.15, -0.1) is 0 Å². The molecule has 112 valence electrons. The fraction of sp³-hybridized carbons (Fsp3) is 0.471. The molecule has 1 aliphatic rings. The van der Waals surface area contributed by atoms with E-state index in [1.165, 1.54) is 24.6 Å². The Morgan fingerprint density at radius 2 is 2.10 bits per heavy atom. The quantitative estimate of drug-likeness (QED) is 0.840. The van der Waals surface area contributed by atoms with Crippen LogP contribution in [0.5, 0.6) is 0 Å². The largest absolute Gasteiger partial charge is 0.395 e. The third-order valence-corrected chi connectivity index (χ3v) is 3.62. The van der Waals surface area contributed by atoms with E-state index in [4.69, 9.17) is 5.11 Å². The van der Waals surface area contributed by atoms with Crippen molar-refractivity contribution < 1.29 is 14.3 Å². The summed E-state index contributed by atoms with van der Waals surface area (Å²) >= 11 is 0. The van der Waals surface area contributed by atoms with Crippen LogP contribution in [-0.2, 0) is 0 Å². The van der Waals surface area contributed by atoms with Crippen LogP contribution in [0.1, 0.15) is 54.4 Å². The second-order valence-corrected chi connectivity index (χ2v) is 5.28. The fourth-order valence-electron chi connectivity index (χ4n) is 2.51. The Morgan fingerprint density at radius 1 is 1.33 bits per heavy atom. The Bertz CT molecular complexity index is 554. The summed E-state index contributed by atoms with van der Waals surface area (Å²) < 4.78 is 13.8. The molecule has 1 aromatic carbocycles. The first-order valence-corrected chi connectivity index (χ1v) is 7.41. The summed E-state index contributed by atoms with van der Waals surface area (Å²) in [7, 11) is 0. The number of halogens is 1. The lowest BCUT2D eigenvalue weighted by Crippen LogP contribution is -2.36. The van der Waals surface area contributed by atoms with Crippen LogP contribution in [0, 0.1) is 17.7 Å². The lowest BCUT2D eigenvalue weighted by atomic mass is 9.95. The minimum Gasteiger partial charge on any atom is -0.395 e. The van der Waals surface area contributed by atoms with Crippen molar-refractivity contribution in [3.8, 4) is 11.8 Å². The highest BCUT2D eigenvalue weighted by molar-refractivity contribution is 5.95. The lowest BCUT2D eigenvalue weighted by Gasteiger charge is -2.22. The SMILES string of the molecule is O=C(NC1CCCCC1)c1cc(C#CCCO)ccc1F. The van der Waals surface area contributed by atoms with Crippen LogP contribution in [0.2, 0.25) is 0 Å². The average molecular weight is 289 g/mol. The molecule has 0 aromatic heterocycles. The van der Waals surface area contributed by atoms with Gasteiger partial charge in [0.25, 0.3) is 5.91 Å². The van der Waals surface area contributed by atoms with E-state index in [9.17, 15) is 9.18 Å². The Kier molecular flexibility index (Phi) is 5.77. The monoisotopic (exact) mass is 289 g/mol. The number of benzene rings is 1. The molecule has 1 saturated carbocycles. The van der Waals surface area contributed by atoms with Crippen LogP contribution in [0.4, 0.5) is 4.39 Å². The van der Waals surface area contributed by atoms with Gasteiger partial charge in [0.05, 0.1) is 12.2 Å². The Morgan fingerprint density at radius 3 is 2.81 bits per heavy atom. The minimum absolute atomic E-state index is 0.0107. The molecule has 1 fully saturated rings. The van der Waals surface area contributed by atoms with Crippen LogP contribution < -0.4 is 5.32 Å². The number of aliphatic hydroxyl groups is 1. The molecule has 2 rings (SSSR count). The highest BCUT2D eigenvalue weighted by Crippen LogP contribution is 2.18. The van der Waals surface area contributed by atoms with E-state index in [1.54, 1.807) is 0 Å². The predicted octanol–water partition coefficient (Wildman–Crippen LogP) is 2.62. The molecule has 0 bridgehead atoms. The molecular weight excluding hydrogens is 269 g/mol. The normalized spacial score (nSPS) is 15.1. The molecule has 3 nitrogen and oxygen atoms in total. The molecule has 1 aromatic rings. The summed E-state index contributed by atoms with van der Waals surface area (Å²) in [4.78, 5) is 12.2. The van der Waals surface area contributed by atoms with Gasteiger partial charge in [-0.1, -0.05) is 31.1 Å². The Hall–Kier alpha value is -1.86. The van der Waals surface area contributed by atoms with E-state index in [2.05, 4.69) is 17.2 Å². The number of hydrogen-bond acceptors (Lipinski definition) is 2. The molecule has 0 radical (unpaired) electrons. The minimum atomic E-state index is -0.531.